The lowest BCUT2D eigenvalue weighted by atomic mass is 10.4. The van der Waals surface area contributed by atoms with Crippen molar-refractivity contribution in [3.05, 3.63) is 18.0 Å². The van der Waals surface area contributed by atoms with Gasteiger partial charge in [-0.1, -0.05) is 6.92 Å². The molecule has 1 aromatic rings. The summed E-state index contributed by atoms with van der Waals surface area (Å²) in [6.45, 7) is 4.18. The molecule has 0 aliphatic heterocycles. The predicted octanol–water partition coefficient (Wildman–Crippen LogP) is 1.15. The van der Waals surface area contributed by atoms with Gasteiger partial charge in [-0.15, -0.1) is 0 Å². The van der Waals surface area contributed by atoms with Crippen molar-refractivity contribution in [3.8, 4) is 0 Å². The van der Waals surface area contributed by atoms with E-state index in [9.17, 15) is 8.42 Å². The molecule has 2 N–H and O–H groups in total. The Balaban J connectivity index is 2.05. The summed E-state index contributed by atoms with van der Waals surface area (Å²) in [4.78, 5) is 3.36. The molecule has 1 aliphatic rings. The van der Waals surface area contributed by atoms with Crippen molar-refractivity contribution in [2.75, 3.05) is 20.1 Å². The highest BCUT2D eigenvalue weighted by molar-refractivity contribution is 7.89. The Bertz CT molecular complexity index is 491. The molecule has 0 amide bonds. The third-order valence-corrected chi connectivity index (χ3v) is 5.00. The summed E-state index contributed by atoms with van der Waals surface area (Å²) in [5, 5.41) is 3.16. The zero-order valence-corrected chi connectivity index (χ0v) is 11.8. The number of nitrogens with zero attached hydrogens (tertiary/aromatic N) is 1. The Morgan fingerprint density at radius 3 is 2.83 bits per heavy atom. The normalized spacial score (nSPS) is 16.4. The van der Waals surface area contributed by atoms with E-state index >= 15 is 0 Å². The molecule has 0 aromatic carbocycles. The Hall–Kier alpha value is -0.850. The molecule has 5 nitrogen and oxygen atoms in total. The predicted molar refractivity (Wildman–Crippen MR) is 70.7 cm³/mol. The second-order valence-electron chi connectivity index (χ2n) is 4.87. The van der Waals surface area contributed by atoms with Crippen LogP contribution in [0, 0.1) is 5.92 Å². The molecular weight excluding hydrogens is 250 g/mol. The number of aromatic amines is 1. The van der Waals surface area contributed by atoms with Crippen LogP contribution < -0.4 is 5.32 Å². The number of rotatable bonds is 7. The van der Waals surface area contributed by atoms with Gasteiger partial charge in [0.25, 0.3) is 0 Å². The van der Waals surface area contributed by atoms with E-state index in [0.29, 0.717) is 23.9 Å². The second-order valence-corrected chi connectivity index (χ2v) is 6.91. The first-order valence-electron chi connectivity index (χ1n) is 6.38. The molecule has 1 aromatic heterocycles. The van der Waals surface area contributed by atoms with Gasteiger partial charge in [-0.05, 0) is 31.4 Å². The van der Waals surface area contributed by atoms with Crippen molar-refractivity contribution in [2.24, 2.45) is 5.92 Å². The fourth-order valence-electron chi connectivity index (χ4n) is 1.87. The minimum Gasteiger partial charge on any atom is -0.363 e. The standard InChI is InChI=1S/C12H21N3O2S/c1-3-13-7-11-6-12(8-14-11)18(16,17)15(2)9-10-4-5-10/h6,8,10,13-14H,3-5,7,9H2,1-2H3. The lowest BCUT2D eigenvalue weighted by Crippen LogP contribution is -2.28. The largest absolute Gasteiger partial charge is 0.363 e. The number of aromatic nitrogens is 1. The molecule has 102 valence electrons. The van der Waals surface area contributed by atoms with Crippen LogP contribution in [0.5, 0.6) is 0 Å². The maximum atomic E-state index is 12.3. The van der Waals surface area contributed by atoms with Crippen LogP contribution in [0.3, 0.4) is 0 Å². The number of sulfonamides is 1. The van der Waals surface area contributed by atoms with Gasteiger partial charge in [0.1, 0.15) is 0 Å². The number of hydrogen-bond acceptors (Lipinski definition) is 3. The summed E-state index contributed by atoms with van der Waals surface area (Å²) in [6.07, 6.45) is 3.88. The van der Waals surface area contributed by atoms with Crippen LogP contribution in [0.15, 0.2) is 17.2 Å². The first-order chi connectivity index (χ1) is 8.54. The zero-order valence-electron chi connectivity index (χ0n) is 10.9. The third kappa shape index (κ3) is 3.13. The van der Waals surface area contributed by atoms with Gasteiger partial charge in [0.2, 0.25) is 10.0 Å². The van der Waals surface area contributed by atoms with E-state index < -0.39 is 10.0 Å². The van der Waals surface area contributed by atoms with Gasteiger partial charge in [0.05, 0.1) is 4.90 Å². The van der Waals surface area contributed by atoms with E-state index in [1.165, 1.54) is 4.31 Å². The molecule has 0 atom stereocenters. The quantitative estimate of drug-likeness (QED) is 0.782. The first kappa shape index (κ1) is 13.6. The third-order valence-electron chi connectivity index (χ3n) is 3.20. The molecule has 1 aliphatic carbocycles. The SMILES string of the molecule is CCNCc1cc(S(=O)(=O)N(C)CC2CC2)c[nH]1. The van der Waals surface area contributed by atoms with Crippen molar-refractivity contribution < 1.29 is 8.42 Å². The number of nitrogens with one attached hydrogen (secondary N) is 2. The Labute approximate surface area is 109 Å². The van der Waals surface area contributed by atoms with Crippen molar-refractivity contribution >= 4 is 10.0 Å². The Morgan fingerprint density at radius 2 is 2.22 bits per heavy atom. The van der Waals surface area contributed by atoms with Gasteiger partial charge in [0, 0.05) is 32.0 Å². The highest BCUT2D eigenvalue weighted by atomic mass is 32.2. The molecule has 0 spiro atoms. The van der Waals surface area contributed by atoms with E-state index in [-0.39, 0.29) is 0 Å². The fraction of sp³-hybridized carbons (Fsp3) is 0.667. The van der Waals surface area contributed by atoms with Crippen molar-refractivity contribution in [2.45, 2.75) is 31.2 Å². The summed E-state index contributed by atoms with van der Waals surface area (Å²) in [7, 11) is -1.67. The highest BCUT2D eigenvalue weighted by Crippen LogP contribution is 2.31. The second kappa shape index (κ2) is 5.42. The minimum atomic E-state index is -3.32. The van der Waals surface area contributed by atoms with E-state index in [0.717, 1.165) is 25.1 Å². The monoisotopic (exact) mass is 271 g/mol. The lowest BCUT2D eigenvalue weighted by molar-refractivity contribution is 0.453. The lowest BCUT2D eigenvalue weighted by Gasteiger charge is -2.15. The topological polar surface area (TPSA) is 65.2 Å². The molecule has 0 unspecified atom stereocenters. The van der Waals surface area contributed by atoms with E-state index in [1.807, 2.05) is 6.92 Å². The Morgan fingerprint density at radius 1 is 1.50 bits per heavy atom. The fourth-order valence-corrected chi connectivity index (χ4v) is 3.14. The van der Waals surface area contributed by atoms with Gasteiger partial charge in [0.15, 0.2) is 0 Å². The maximum Gasteiger partial charge on any atom is 0.244 e. The average molecular weight is 271 g/mol. The molecular formula is C12H21N3O2S. The average Bonchev–Trinajstić information content (AvgIpc) is 3.01. The van der Waals surface area contributed by atoms with E-state index in [1.54, 1.807) is 19.3 Å². The number of hydrogen-bond donors (Lipinski definition) is 2. The Kier molecular flexibility index (Phi) is 4.09. The summed E-state index contributed by atoms with van der Waals surface area (Å²) < 4.78 is 26.0. The van der Waals surface area contributed by atoms with Crippen molar-refractivity contribution in [3.63, 3.8) is 0 Å². The minimum absolute atomic E-state index is 0.360. The summed E-state index contributed by atoms with van der Waals surface area (Å²) in [6, 6.07) is 1.71. The molecule has 6 heteroatoms. The molecule has 1 heterocycles. The van der Waals surface area contributed by atoms with Crippen LogP contribution >= 0.6 is 0 Å². The van der Waals surface area contributed by atoms with Gasteiger partial charge in [-0.3, -0.25) is 0 Å². The van der Waals surface area contributed by atoms with Crippen LogP contribution in [0.2, 0.25) is 0 Å². The highest BCUT2D eigenvalue weighted by Gasteiger charge is 2.29. The summed E-state index contributed by atoms with van der Waals surface area (Å²) in [5.74, 6) is 0.560. The van der Waals surface area contributed by atoms with Crippen molar-refractivity contribution in [1.29, 1.82) is 0 Å². The molecule has 2 rings (SSSR count). The van der Waals surface area contributed by atoms with Crippen LogP contribution in [-0.2, 0) is 16.6 Å². The number of H-pyrrole nitrogens is 1. The van der Waals surface area contributed by atoms with E-state index in [4.69, 9.17) is 0 Å². The first-order valence-corrected chi connectivity index (χ1v) is 7.82. The molecule has 1 fully saturated rings. The van der Waals surface area contributed by atoms with E-state index in [2.05, 4.69) is 10.3 Å². The van der Waals surface area contributed by atoms with Gasteiger partial charge in [-0.2, -0.15) is 0 Å². The van der Waals surface area contributed by atoms with Gasteiger partial charge < -0.3 is 10.3 Å². The van der Waals surface area contributed by atoms with Crippen LogP contribution in [0.1, 0.15) is 25.5 Å². The molecule has 0 radical (unpaired) electrons. The summed E-state index contributed by atoms with van der Waals surface area (Å²) in [5.41, 5.74) is 0.898. The molecule has 0 bridgehead atoms. The molecule has 18 heavy (non-hydrogen) atoms. The maximum absolute atomic E-state index is 12.3. The van der Waals surface area contributed by atoms with Gasteiger partial charge >= 0.3 is 0 Å². The zero-order chi connectivity index (χ0) is 13.2. The van der Waals surface area contributed by atoms with Crippen molar-refractivity contribution in [1.82, 2.24) is 14.6 Å². The smallest absolute Gasteiger partial charge is 0.244 e. The van der Waals surface area contributed by atoms with Crippen LogP contribution in [0.25, 0.3) is 0 Å². The summed E-state index contributed by atoms with van der Waals surface area (Å²) >= 11 is 0. The molecule has 0 saturated heterocycles. The molecule has 1 saturated carbocycles. The van der Waals surface area contributed by atoms with Gasteiger partial charge in [-0.25, -0.2) is 12.7 Å². The van der Waals surface area contributed by atoms with Crippen LogP contribution in [-0.4, -0.2) is 37.8 Å². The van der Waals surface area contributed by atoms with Crippen LogP contribution in [0.4, 0.5) is 0 Å².